The molecule has 144 valence electrons. The van der Waals surface area contributed by atoms with Crippen molar-refractivity contribution in [3.8, 4) is 22.6 Å². The zero-order chi connectivity index (χ0) is 19.1. The van der Waals surface area contributed by atoms with Crippen LogP contribution < -0.4 is 5.32 Å². The van der Waals surface area contributed by atoms with E-state index in [4.69, 9.17) is 4.42 Å². The smallest absolute Gasteiger partial charge is 0.287 e. The number of amides is 1. The van der Waals surface area contributed by atoms with E-state index in [0.29, 0.717) is 23.5 Å². The lowest BCUT2D eigenvalue weighted by atomic mass is 9.79. The molecule has 2 aromatic heterocycles. The zero-order valence-corrected chi connectivity index (χ0v) is 16.0. The lowest BCUT2D eigenvalue weighted by molar-refractivity contribution is 0.0211. The van der Waals surface area contributed by atoms with Crippen molar-refractivity contribution in [2.75, 3.05) is 13.1 Å². The Hall–Kier alpha value is -2.79. The van der Waals surface area contributed by atoms with Crippen LogP contribution in [0.3, 0.4) is 0 Å². The van der Waals surface area contributed by atoms with E-state index in [1.165, 1.54) is 12.8 Å². The van der Waals surface area contributed by atoms with E-state index >= 15 is 0 Å². The molecule has 3 aliphatic rings. The maximum absolute atomic E-state index is 12.8. The molecule has 3 aliphatic heterocycles. The summed E-state index contributed by atoms with van der Waals surface area (Å²) < 4.78 is 5.89. The van der Waals surface area contributed by atoms with Gasteiger partial charge in [0.25, 0.3) is 5.91 Å². The fraction of sp³-hybridized carbons (Fsp3) is 0.348. The van der Waals surface area contributed by atoms with Crippen molar-refractivity contribution in [2.24, 2.45) is 5.92 Å². The van der Waals surface area contributed by atoms with Crippen molar-refractivity contribution in [1.82, 2.24) is 15.2 Å². The molecule has 2 unspecified atom stereocenters. The van der Waals surface area contributed by atoms with E-state index in [1.807, 2.05) is 36.5 Å². The van der Waals surface area contributed by atoms with Crippen LogP contribution in [0, 0.1) is 5.92 Å². The summed E-state index contributed by atoms with van der Waals surface area (Å²) >= 11 is 0. The summed E-state index contributed by atoms with van der Waals surface area (Å²) in [6.07, 6.45) is 4.26. The molecule has 2 bridgehead atoms. The molecule has 0 saturated carbocycles. The van der Waals surface area contributed by atoms with Crippen LogP contribution in [0.2, 0.25) is 0 Å². The lowest BCUT2D eigenvalue weighted by Crippen LogP contribution is -2.62. The number of hydrogen-bond acceptors (Lipinski definition) is 3. The quantitative estimate of drug-likeness (QED) is 0.720. The van der Waals surface area contributed by atoms with Crippen LogP contribution in [0.15, 0.2) is 59.1 Å². The van der Waals surface area contributed by atoms with E-state index in [2.05, 4.69) is 34.3 Å². The molecule has 3 fully saturated rings. The van der Waals surface area contributed by atoms with Crippen LogP contribution in [-0.2, 0) is 0 Å². The Kier molecular flexibility index (Phi) is 4.32. The first kappa shape index (κ1) is 17.3. The fourth-order valence-electron chi connectivity index (χ4n) is 4.71. The summed E-state index contributed by atoms with van der Waals surface area (Å²) in [5.41, 5.74) is 3.16. The molecule has 28 heavy (non-hydrogen) atoms. The molecule has 6 rings (SSSR count). The van der Waals surface area contributed by atoms with E-state index in [0.717, 1.165) is 29.9 Å². The number of aromatic nitrogens is 1. The third-order valence-electron chi connectivity index (χ3n) is 6.38. The van der Waals surface area contributed by atoms with Crippen molar-refractivity contribution in [1.29, 1.82) is 0 Å². The van der Waals surface area contributed by atoms with Crippen molar-refractivity contribution < 1.29 is 9.21 Å². The number of piperidine rings is 3. The van der Waals surface area contributed by atoms with Gasteiger partial charge >= 0.3 is 0 Å². The third-order valence-corrected chi connectivity index (χ3v) is 6.38. The van der Waals surface area contributed by atoms with Crippen LogP contribution in [0.1, 0.15) is 30.3 Å². The lowest BCUT2D eigenvalue weighted by Gasteiger charge is -2.49. The Morgan fingerprint density at radius 1 is 1.07 bits per heavy atom. The third kappa shape index (κ3) is 3.06. The van der Waals surface area contributed by atoms with Gasteiger partial charge in [-0.05, 0) is 68.6 Å². The topological polar surface area (TPSA) is 61.3 Å². The SMILES string of the molecule is CC1C(NC(=O)c2ccc(-c3ccc(-c4ccc[nH]4)cc3)o2)C2CCN1CC2. The molecule has 0 aliphatic carbocycles. The van der Waals surface area contributed by atoms with Crippen LogP contribution >= 0.6 is 0 Å². The molecule has 0 spiro atoms. The van der Waals surface area contributed by atoms with Gasteiger partial charge in [0.1, 0.15) is 5.76 Å². The second kappa shape index (κ2) is 6.99. The minimum absolute atomic E-state index is 0.111. The Balaban J connectivity index is 1.30. The molecule has 3 saturated heterocycles. The number of carbonyl (C=O) groups is 1. The number of fused-ring (bicyclic) bond motifs is 3. The highest BCUT2D eigenvalue weighted by Gasteiger charge is 2.40. The molecule has 2 atom stereocenters. The summed E-state index contributed by atoms with van der Waals surface area (Å²) in [7, 11) is 0. The molecule has 5 nitrogen and oxygen atoms in total. The maximum atomic E-state index is 12.8. The van der Waals surface area contributed by atoms with Crippen LogP contribution in [0.25, 0.3) is 22.6 Å². The average molecular weight is 375 g/mol. The van der Waals surface area contributed by atoms with E-state index in [-0.39, 0.29) is 11.9 Å². The second-order valence-electron chi connectivity index (χ2n) is 7.94. The minimum Gasteiger partial charge on any atom is -0.451 e. The number of benzene rings is 1. The molecule has 1 aromatic carbocycles. The van der Waals surface area contributed by atoms with Crippen LogP contribution in [0.4, 0.5) is 0 Å². The van der Waals surface area contributed by atoms with Crippen molar-refractivity contribution in [3.05, 3.63) is 60.5 Å². The van der Waals surface area contributed by atoms with Gasteiger partial charge in [-0.25, -0.2) is 0 Å². The second-order valence-corrected chi connectivity index (χ2v) is 7.94. The average Bonchev–Trinajstić information content (AvgIpc) is 3.43. The highest BCUT2D eigenvalue weighted by atomic mass is 16.3. The molecule has 1 amide bonds. The summed E-state index contributed by atoms with van der Waals surface area (Å²) in [5, 5.41) is 3.23. The Morgan fingerprint density at radius 3 is 2.50 bits per heavy atom. The van der Waals surface area contributed by atoms with Gasteiger partial charge in [0, 0.05) is 29.5 Å². The van der Waals surface area contributed by atoms with Crippen LogP contribution in [-0.4, -0.2) is 41.0 Å². The van der Waals surface area contributed by atoms with Gasteiger partial charge in [-0.15, -0.1) is 0 Å². The van der Waals surface area contributed by atoms with Gasteiger partial charge in [0.2, 0.25) is 0 Å². The Morgan fingerprint density at radius 2 is 1.82 bits per heavy atom. The summed E-state index contributed by atoms with van der Waals surface area (Å²) in [4.78, 5) is 18.4. The molecular weight excluding hydrogens is 350 g/mol. The molecule has 3 aromatic rings. The maximum Gasteiger partial charge on any atom is 0.287 e. The zero-order valence-electron chi connectivity index (χ0n) is 16.0. The molecular formula is C23H25N3O2. The summed E-state index contributed by atoms with van der Waals surface area (Å²) in [6, 6.07) is 16.4. The van der Waals surface area contributed by atoms with Gasteiger partial charge in [0.05, 0.1) is 0 Å². The van der Waals surface area contributed by atoms with Gasteiger partial charge in [-0.1, -0.05) is 24.3 Å². The molecule has 0 radical (unpaired) electrons. The molecule has 5 heterocycles. The number of nitrogens with one attached hydrogen (secondary N) is 2. The van der Waals surface area contributed by atoms with Crippen LogP contribution in [0.5, 0.6) is 0 Å². The highest BCUT2D eigenvalue weighted by molar-refractivity contribution is 5.92. The number of furan rings is 1. The number of aromatic amines is 1. The summed E-state index contributed by atoms with van der Waals surface area (Å²) in [5.74, 6) is 1.57. The van der Waals surface area contributed by atoms with Gasteiger partial charge in [0.15, 0.2) is 5.76 Å². The predicted molar refractivity (Wildman–Crippen MR) is 109 cm³/mol. The van der Waals surface area contributed by atoms with Gasteiger partial charge in [-0.3, -0.25) is 9.69 Å². The van der Waals surface area contributed by atoms with E-state index < -0.39 is 0 Å². The van der Waals surface area contributed by atoms with Gasteiger partial charge < -0.3 is 14.7 Å². The molecule has 2 N–H and O–H groups in total. The first-order chi connectivity index (χ1) is 13.7. The fourth-order valence-corrected chi connectivity index (χ4v) is 4.71. The largest absolute Gasteiger partial charge is 0.451 e. The van der Waals surface area contributed by atoms with Gasteiger partial charge in [-0.2, -0.15) is 0 Å². The first-order valence-corrected chi connectivity index (χ1v) is 10.1. The molecule has 5 heteroatoms. The number of carbonyl (C=O) groups excluding carboxylic acids is 1. The predicted octanol–water partition coefficient (Wildman–Crippen LogP) is 4.15. The normalized spacial score (nSPS) is 26.3. The minimum atomic E-state index is -0.111. The number of hydrogen-bond donors (Lipinski definition) is 2. The number of nitrogens with zero attached hydrogens (tertiary/aromatic N) is 1. The number of H-pyrrole nitrogens is 1. The van der Waals surface area contributed by atoms with Crippen molar-refractivity contribution >= 4 is 5.91 Å². The van der Waals surface area contributed by atoms with Crippen molar-refractivity contribution in [2.45, 2.75) is 31.8 Å². The van der Waals surface area contributed by atoms with Crippen molar-refractivity contribution in [3.63, 3.8) is 0 Å². The standard InChI is InChI=1S/C23H25N3O2/c1-15-22(18-10-13-26(15)14-11-18)25-23(27)21-9-8-20(28-21)17-6-4-16(5-7-17)19-3-2-12-24-19/h2-9,12,15,18,22,24H,10-11,13-14H2,1H3,(H,25,27). The number of rotatable bonds is 4. The Labute approximate surface area is 164 Å². The van der Waals surface area contributed by atoms with E-state index in [1.54, 1.807) is 6.07 Å². The Bertz CT molecular complexity index is 948. The summed E-state index contributed by atoms with van der Waals surface area (Å²) in [6.45, 7) is 4.53. The monoisotopic (exact) mass is 375 g/mol. The van der Waals surface area contributed by atoms with E-state index in [9.17, 15) is 4.79 Å². The highest BCUT2D eigenvalue weighted by Crippen LogP contribution is 2.32. The first-order valence-electron chi connectivity index (χ1n) is 10.1.